The number of carbonyl (C=O) groups is 1. The lowest BCUT2D eigenvalue weighted by molar-refractivity contribution is -0.120. The van der Waals surface area contributed by atoms with E-state index in [2.05, 4.69) is 5.32 Å². The van der Waals surface area contributed by atoms with Crippen LogP contribution in [0, 0.1) is 0 Å². The molecule has 3 N–H and O–H groups in total. The summed E-state index contributed by atoms with van der Waals surface area (Å²) < 4.78 is 0. The van der Waals surface area contributed by atoms with Crippen LogP contribution in [-0.4, -0.2) is 12.2 Å². The van der Waals surface area contributed by atoms with E-state index in [9.17, 15) is 4.79 Å². The maximum absolute atomic E-state index is 12.5. The normalized spacial score (nSPS) is 11.2. The van der Waals surface area contributed by atoms with Crippen LogP contribution in [0.15, 0.2) is 53.4 Å². The first kappa shape index (κ1) is 15.4. The number of hydrogen-bond donors (Lipinski definition) is 2. The van der Waals surface area contributed by atoms with E-state index in [0.717, 1.165) is 11.3 Å². The molecule has 3 nitrogen and oxygen atoms in total. The van der Waals surface area contributed by atoms with Crippen molar-refractivity contribution in [1.29, 1.82) is 0 Å². The van der Waals surface area contributed by atoms with Crippen LogP contribution < -0.4 is 11.1 Å². The first-order chi connectivity index (χ1) is 9.93. The Balaban J connectivity index is 2.15. The first-order valence-electron chi connectivity index (χ1n) is 6.75. The highest BCUT2D eigenvalue weighted by molar-refractivity contribution is 7.98. The second-order valence-electron chi connectivity index (χ2n) is 5.43. The fraction of sp³-hybridized carbons (Fsp3) is 0.235. The summed E-state index contributed by atoms with van der Waals surface area (Å²) in [7, 11) is 0. The van der Waals surface area contributed by atoms with Gasteiger partial charge in [-0.05, 0) is 62.1 Å². The van der Waals surface area contributed by atoms with E-state index in [4.69, 9.17) is 5.73 Å². The van der Waals surface area contributed by atoms with Crippen LogP contribution in [0.2, 0.25) is 0 Å². The van der Waals surface area contributed by atoms with Crippen molar-refractivity contribution < 1.29 is 4.79 Å². The molecule has 4 heteroatoms. The van der Waals surface area contributed by atoms with Gasteiger partial charge in [-0.25, -0.2) is 0 Å². The lowest BCUT2D eigenvalue weighted by atomic mass is 9.83. The molecule has 0 heterocycles. The predicted octanol–water partition coefficient (Wildman–Crippen LogP) is 3.91. The highest BCUT2D eigenvalue weighted by Gasteiger charge is 2.29. The molecule has 110 valence electrons. The number of nitrogens with two attached hydrogens (primary N) is 1. The Labute approximate surface area is 129 Å². The van der Waals surface area contributed by atoms with Gasteiger partial charge in [0.25, 0.3) is 0 Å². The van der Waals surface area contributed by atoms with Crippen molar-refractivity contribution >= 4 is 29.0 Å². The fourth-order valence-electron chi connectivity index (χ4n) is 1.99. The molecular formula is C17H20N2OS. The Hall–Kier alpha value is -1.94. The second-order valence-corrected chi connectivity index (χ2v) is 6.31. The molecule has 2 aromatic carbocycles. The molecule has 0 saturated heterocycles. The van der Waals surface area contributed by atoms with Crippen LogP contribution in [0.4, 0.5) is 11.4 Å². The molecule has 0 aliphatic heterocycles. The lowest BCUT2D eigenvalue weighted by Gasteiger charge is -2.24. The van der Waals surface area contributed by atoms with Crippen molar-refractivity contribution in [3.8, 4) is 0 Å². The van der Waals surface area contributed by atoms with Crippen molar-refractivity contribution in [2.24, 2.45) is 0 Å². The summed E-state index contributed by atoms with van der Waals surface area (Å²) in [6, 6.07) is 15.3. The number of carbonyl (C=O) groups excluding carboxylic acids is 1. The van der Waals surface area contributed by atoms with Crippen LogP contribution in [0.3, 0.4) is 0 Å². The molecule has 2 aromatic rings. The van der Waals surface area contributed by atoms with E-state index < -0.39 is 5.41 Å². The van der Waals surface area contributed by atoms with Crippen molar-refractivity contribution in [3.05, 3.63) is 54.1 Å². The van der Waals surface area contributed by atoms with E-state index in [0.29, 0.717) is 5.69 Å². The molecule has 2 rings (SSSR count). The van der Waals surface area contributed by atoms with Gasteiger partial charge in [0, 0.05) is 16.3 Å². The maximum atomic E-state index is 12.5. The van der Waals surface area contributed by atoms with Crippen LogP contribution in [0.1, 0.15) is 19.4 Å². The van der Waals surface area contributed by atoms with Gasteiger partial charge in [0.15, 0.2) is 0 Å². The van der Waals surface area contributed by atoms with Crippen LogP contribution in [0.5, 0.6) is 0 Å². The van der Waals surface area contributed by atoms with Crippen LogP contribution in [-0.2, 0) is 10.2 Å². The van der Waals surface area contributed by atoms with E-state index in [1.165, 1.54) is 4.90 Å². The van der Waals surface area contributed by atoms with Crippen molar-refractivity contribution in [3.63, 3.8) is 0 Å². The van der Waals surface area contributed by atoms with Gasteiger partial charge in [-0.1, -0.05) is 12.1 Å². The quantitative estimate of drug-likeness (QED) is 0.665. The van der Waals surface area contributed by atoms with Crippen molar-refractivity contribution in [2.45, 2.75) is 24.2 Å². The van der Waals surface area contributed by atoms with Gasteiger partial charge in [-0.15, -0.1) is 11.8 Å². The molecule has 1 amide bonds. The number of nitrogen functional groups attached to an aromatic ring is 1. The zero-order chi connectivity index (χ0) is 15.5. The third-order valence-electron chi connectivity index (χ3n) is 3.55. The number of anilines is 2. The topological polar surface area (TPSA) is 55.1 Å². The summed E-state index contributed by atoms with van der Waals surface area (Å²) in [6.45, 7) is 3.81. The molecule has 0 aromatic heterocycles. The average molecular weight is 300 g/mol. The second kappa shape index (κ2) is 6.22. The smallest absolute Gasteiger partial charge is 0.234 e. The summed E-state index contributed by atoms with van der Waals surface area (Å²) in [5.74, 6) is -0.0378. The zero-order valence-corrected chi connectivity index (χ0v) is 13.3. The summed E-state index contributed by atoms with van der Waals surface area (Å²) in [4.78, 5) is 13.7. The zero-order valence-electron chi connectivity index (χ0n) is 12.5. The van der Waals surface area contributed by atoms with Crippen LogP contribution >= 0.6 is 11.8 Å². The van der Waals surface area contributed by atoms with Gasteiger partial charge in [0.2, 0.25) is 5.91 Å². The number of rotatable bonds is 4. The molecule has 0 atom stereocenters. The Morgan fingerprint density at radius 3 is 2.14 bits per heavy atom. The first-order valence-corrected chi connectivity index (χ1v) is 7.97. The Bertz CT molecular complexity index is 618. The number of hydrogen-bond acceptors (Lipinski definition) is 3. The maximum Gasteiger partial charge on any atom is 0.234 e. The molecule has 0 fully saturated rings. The third kappa shape index (κ3) is 3.58. The number of nitrogens with one attached hydrogen (secondary N) is 1. The standard InChI is InChI=1S/C17H20N2OS/c1-17(2,12-4-6-13(18)7-5-12)16(20)19-14-8-10-15(21-3)11-9-14/h4-11H,18H2,1-3H3,(H,19,20). The molecule has 21 heavy (non-hydrogen) atoms. The van der Waals surface area contributed by atoms with Gasteiger partial charge in [-0.3, -0.25) is 4.79 Å². The minimum absolute atomic E-state index is 0.0378. The number of thioether (sulfide) groups is 1. The minimum Gasteiger partial charge on any atom is -0.399 e. The third-order valence-corrected chi connectivity index (χ3v) is 4.29. The Kier molecular flexibility index (Phi) is 4.58. The SMILES string of the molecule is CSc1ccc(NC(=O)C(C)(C)c2ccc(N)cc2)cc1. The molecular weight excluding hydrogens is 280 g/mol. The molecule has 0 spiro atoms. The molecule has 0 unspecified atom stereocenters. The van der Waals surface area contributed by atoms with Crippen molar-refractivity contribution in [2.75, 3.05) is 17.3 Å². The predicted molar refractivity (Wildman–Crippen MR) is 90.7 cm³/mol. The average Bonchev–Trinajstić information content (AvgIpc) is 2.48. The summed E-state index contributed by atoms with van der Waals surface area (Å²) in [6.07, 6.45) is 2.03. The molecule has 0 bridgehead atoms. The van der Waals surface area contributed by atoms with E-state index >= 15 is 0 Å². The number of amides is 1. The molecule has 0 aliphatic carbocycles. The van der Waals surface area contributed by atoms with E-state index in [-0.39, 0.29) is 5.91 Å². The van der Waals surface area contributed by atoms with Gasteiger partial charge < -0.3 is 11.1 Å². The number of benzene rings is 2. The van der Waals surface area contributed by atoms with E-state index in [1.54, 1.807) is 11.8 Å². The minimum atomic E-state index is -0.619. The monoisotopic (exact) mass is 300 g/mol. The highest BCUT2D eigenvalue weighted by Crippen LogP contribution is 2.26. The molecule has 0 aliphatic rings. The molecule has 0 radical (unpaired) electrons. The van der Waals surface area contributed by atoms with Gasteiger partial charge >= 0.3 is 0 Å². The van der Waals surface area contributed by atoms with Crippen LogP contribution in [0.25, 0.3) is 0 Å². The Morgan fingerprint density at radius 1 is 1.05 bits per heavy atom. The fourth-order valence-corrected chi connectivity index (χ4v) is 2.40. The highest BCUT2D eigenvalue weighted by atomic mass is 32.2. The van der Waals surface area contributed by atoms with E-state index in [1.807, 2.05) is 68.6 Å². The largest absolute Gasteiger partial charge is 0.399 e. The summed E-state index contributed by atoms with van der Waals surface area (Å²) >= 11 is 1.68. The summed E-state index contributed by atoms with van der Waals surface area (Å²) in [5.41, 5.74) is 7.52. The van der Waals surface area contributed by atoms with Crippen molar-refractivity contribution in [1.82, 2.24) is 0 Å². The molecule has 0 saturated carbocycles. The van der Waals surface area contributed by atoms with Gasteiger partial charge in [0.1, 0.15) is 0 Å². The van der Waals surface area contributed by atoms with Gasteiger partial charge in [0.05, 0.1) is 5.41 Å². The summed E-state index contributed by atoms with van der Waals surface area (Å²) in [5, 5.41) is 2.97. The Morgan fingerprint density at radius 2 is 1.62 bits per heavy atom. The lowest BCUT2D eigenvalue weighted by Crippen LogP contribution is -2.34. The van der Waals surface area contributed by atoms with Gasteiger partial charge in [-0.2, -0.15) is 0 Å².